The van der Waals surface area contributed by atoms with Crippen molar-refractivity contribution >= 4 is 38.9 Å². The van der Waals surface area contributed by atoms with Crippen LogP contribution in [-0.4, -0.2) is 57.3 Å². The Kier molecular flexibility index (Phi) is 7.60. The molecule has 2 aromatic carbocycles. The quantitative estimate of drug-likeness (QED) is 0.452. The third kappa shape index (κ3) is 5.63. The molecule has 11 heteroatoms. The molecule has 34 heavy (non-hydrogen) atoms. The van der Waals surface area contributed by atoms with Crippen LogP contribution in [0.3, 0.4) is 0 Å². The number of carbonyl (C=O) groups is 1. The zero-order valence-electron chi connectivity index (χ0n) is 18.8. The number of fused-ring (bicyclic) bond motifs is 1. The normalized spacial score (nSPS) is 16.7. The number of oxime groups is 1. The molecule has 0 unspecified atom stereocenters. The average molecular weight is 508 g/mol. The van der Waals surface area contributed by atoms with Crippen LogP contribution in [0.25, 0.3) is 0 Å². The molecule has 1 saturated heterocycles. The van der Waals surface area contributed by atoms with E-state index in [4.69, 9.17) is 25.9 Å². The fraction of sp³-hybridized carbons (Fsp3) is 0.391. The Labute approximate surface area is 203 Å². The first-order valence-corrected chi connectivity index (χ1v) is 12.8. The number of rotatable bonds is 7. The van der Waals surface area contributed by atoms with Crippen molar-refractivity contribution in [1.29, 1.82) is 0 Å². The Balaban J connectivity index is 1.38. The molecule has 0 aliphatic carbocycles. The highest BCUT2D eigenvalue weighted by Gasteiger charge is 2.26. The van der Waals surface area contributed by atoms with Gasteiger partial charge in [0.15, 0.2) is 18.1 Å². The van der Waals surface area contributed by atoms with Crippen molar-refractivity contribution in [3.8, 4) is 11.5 Å². The Morgan fingerprint density at radius 3 is 2.59 bits per heavy atom. The zero-order chi connectivity index (χ0) is 24.1. The van der Waals surface area contributed by atoms with E-state index in [2.05, 4.69) is 10.5 Å². The van der Waals surface area contributed by atoms with E-state index in [9.17, 15) is 13.2 Å². The average Bonchev–Trinajstić information content (AvgIpc) is 2.85. The van der Waals surface area contributed by atoms with Gasteiger partial charge in [0, 0.05) is 18.7 Å². The molecule has 0 aromatic heterocycles. The van der Waals surface area contributed by atoms with Crippen molar-refractivity contribution in [3.05, 3.63) is 47.0 Å². The van der Waals surface area contributed by atoms with Crippen LogP contribution in [0.15, 0.2) is 46.4 Å². The fourth-order valence-corrected chi connectivity index (χ4v) is 5.42. The van der Waals surface area contributed by atoms with Gasteiger partial charge in [-0.1, -0.05) is 23.2 Å². The molecule has 4 rings (SSSR count). The van der Waals surface area contributed by atoms with Crippen LogP contribution in [0.2, 0.25) is 5.02 Å². The number of piperidine rings is 1. The lowest BCUT2D eigenvalue weighted by atomic mass is 10.1. The van der Waals surface area contributed by atoms with Crippen LogP contribution < -0.4 is 14.8 Å². The lowest BCUT2D eigenvalue weighted by Crippen LogP contribution is -2.35. The third-order valence-corrected chi connectivity index (χ3v) is 7.75. The number of hydrogen-bond donors (Lipinski definition) is 1. The van der Waals surface area contributed by atoms with E-state index >= 15 is 0 Å². The van der Waals surface area contributed by atoms with Crippen molar-refractivity contribution in [1.82, 2.24) is 4.31 Å². The van der Waals surface area contributed by atoms with Gasteiger partial charge >= 0.3 is 0 Å². The second-order valence-electron chi connectivity index (χ2n) is 7.96. The van der Waals surface area contributed by atoms with E-state index in [1.807, 2.05) is 6.07 Å². The molecule has 0 radical (unpaired) electrons. The van der Waals surface area contributed by atoms with E-state index in [0.29, 0.717) is 43.5 Å². The predicted molar refractivity (Wildman–Crippen MR) is 128 cm³/mol. The Hall–Kier alpha value is -2.82. The van der Waals surface area contributed by atoms with Crippen LogP contribution in [-0.2, 0) is 19.7 Å². The number of nitrogens with zero attached hydrogens (tertiary/aromatic N) is 2. The second kappa shape index (κ2) is 10.6. The minimum atomic E-state index is -3.65. The van der Waals surface area contributed by atoms with Crippen LogP contribution >= 0.6 is 11.6 Å². The van der Waals surface area contributed by atoms with Gasteiger partial charge in [-0.15, -0.1) is 0 Å². The van der Waals surface area contributed by atoms with E-state index in [0.717, 1.165) is 24.8 Å². The Morgan fingerprint density at radius 1 is 1.09 bits per heavy atom. The van der Waals surface area contributed by atoms with Crippen molar-refractivity contribution in [2.75, 3.05) is 38.2 Å². The highest BCUT2D eigenvalue weighted by molar-refractivity contribution is 7.89. The lowest BCUT2D eigenvalue weighted by Gasteiger charge is -2.26. The molecular formula is C23H26ClN3O6S. The first-order valence-electron chi connectivity index (χ1n) is 11.0. The lowest BCUT2D eigenvalue weighted by molar-refractivity contribution is -0.120. The number of benzene rings is 2. The first-order chi connectivity index (χ1) is 16.3. The number of sulfonamides is 1. The summed E-state index contributed by atoms with van der Waals surface area (Å²) in [6, 6.07) is 9.68. The molecular weight excluding hydrogens is 482 g/mol. The maximum absolute atomic E-state index is 12.9. The second-order valence-corrected chi connectivity index (χ2v) is 10.3. The summed E-state index contributed by atoms with van der Waals surface area (Å²) in [6.45, 7) is 3.33. The summed E-state index contributed by atoms with van der Waals surface area (Å²) < 4.78 is 38.4. The highest BCUT2D eigenvalue weighted by atomic mass is 35.5. The van der Waals surface area contributed by atoms with Gasteiger partial charge in [0.25, 0.3) is 5.91 Å². The third-order valence-electron chi connectivity index (χ3n) is 5.52. The molecule has 1 N–H and O–H groups in total. The van der Waals surface area contributed by atoms with Gasteiger partial charge in [-0.05, 0) is 56.2 Å². The van der Waals surface area contributed by atoms with Gasteiger partial charge in [-0.25, -0.2) is 8.42 Å². The number of halogens is 1. The number of hydrogen-bond acceptors (Lipinski definition) is 7. The van der Waals surface area contributed by atoms with Crippen LogP contribution in [0.4, 0.5) is 5.69 Å². The maximum atomic E-state index is 12.9. The topological polar surface area (TPSA) is 107 Å². The van der Waals surface area contributed by atoms with Crippen molar-refractivity contribution < 1.29 is 27.5 Å². The van der Waals surface area contributed by atoms with Crippen molar-refractivity contribution in [2.45, 2.75) is 31.1 Å². The Bertz CT molecular complexity index is 1200. The van der Waals surface area contributed by atoms with Gasteiger partial charge in [-0.3, -0.25) is 4.79 Å². The molecule has 2 aliphatic heterocycles. The molecule has 9 nitrogen and oxygen atoms in total. The smallest absolute Gasteiger partial charge is 0.265 e. The zero-order valence-corrected chi connectivity index (χ0v) is 20.3. The summed E-state index contributed by atoms with van der Waals surface area (Å²) >= 11 is 6.19. The van der Waals surface area contributed by atoms with Gasteiger partial charge < -0.3 is 19.6 Å². The van der Waals surface area contributed by atoms with Gasteiger partial charge in [0.1, 0.15) is 13.2 Å². The number of ether oxygens (including phenoxy) is 2. The molecule has 2 aliphatic rings. The predicted octanol–water partition coefficient (Wildman–Crippen LogP) is 3.67. The maximum Gasteiger partial charge on any atom is 0.265 e. The number of anilines is 1. The monoisotopic (exact) mass is 507 g/mol. The summed E-state index contributed by atoms with van der Waals surface area (Å²) in [6.07, 6.45) is 2.68. The summed E-state index contributed by atoms with van der Waals surface area (Å²) in [4.78, 5) is 17.7. The summed E-state index contributed by atoms with van der Waals surface area (Å²) in [5.41, 5.74) is 1.52. The summed E-state index contributed by atoms with van der Waals surface area (Å²) in [7, 11) is -3.65. The van der Waals surface area contributed by atoms with E-state index in [-0.39, 0.29) is 22.2 Å². The molecule has 182 valence electrons. The van der Waals surface area contributed by atoms with Crippen LogP contribution in [0.5, 0.6) is 11.5 Å². The van der Waals surface area contributed by atoms with Gasteiger partial charge in [0.2, 0.25) is 10.0 Å². The Morgan fingerprint density at radius 2 is 1.82 bits per heavy atom. The van der Waals surface area contributed by atoms with Crippen molar-refractivity contribution in [3.63, 3.8) is 0 Å². The summed E-state index contributed by atoms with van der Waals surface area (Å²) in [5.74, 6) is 0.780. The van der Waals surface area contributed by atoms with E-state index in [1.54, 1.807) is 19.1 Å². The molecule has 0 atom stereocenters. The molecule has 0 saturated carbocycles. The first kappa shape index (κ1) is 24.3. The molecule has 0 spiro atoms. The fourth-order valence-electron chi connectivity index (χ4n) is 3.71. The SMILES string of the molecule is CC(=NOCC(=O)Nc1cc(S(=O)(=O)N2CCCCC2)ccc1Cl)c1ccc2c(c1)OCCO2. The standard InChI is InChI=1S/C23H26ClN3O6S/c1-16(17-5-8-21-22(13-17)32-12-11-31-21)26-33-15-23(28)25-20-14-18(6-7-19(20)24)34(29,30)27-9-3-2-4-10-27/h5-8,13-14H,2-4,9-12,15H2,1H3,(H,25,28). The van der Waals surface area contributed by atoms with Gasteiger partial charge in [0.05, 0.1) is 21.3 Å². The molecule has 1 fully saturated rings. The minimum Gasteiger partial charge on any atom is -0.486 e. The molecule has 0 bridgehead atoms. The molecule has 2 heterocycles. The van der Waals surface area contributed by atoms with Crippen LogP contribution in [0.1, 0.15) is 31.7 Å². The number of carbonyl (C=O) groups excluding carboxylic acids is 1. The molecule has 1 amide bonds. The minimum absolute atomic E-state index is 0.0856. The van der Waals surface area contributed by atoms with Gasteiger partial charge in [-0.2, -0.15) is 4.31 Å². The number of amides is 1. The van der Waals surface area contributed by atoms with Crippen molar-refractivity contribution in [2.24, 2.45) is 5.16 Å². The van der Waals surface area contributed by atoms with Crippen LogP contribution in [0, 0.1) is 0 Å². The van der Waals surface area contributed by atoms with E-state index in [1.165, 1.54) is 22.5 Å². The molecule has 2 aromatic rings. The summed E-state index contributed by atoms with van der Waals surface area (Å²) in [5, 5.41) is 6.81. The number of nitrogens with one attached hydrogen (secondary N) is 1. The highest BCUT2D eigenvalue weighted by Crippen LogP contribution is 2.31. The van der Waals surface area contributed by atoms with E-state index < -0.39 is 15.9 Å². The largest absolute Gasteiger partial charge is 0.486 e.